The minimum atomic E-state index is -4.35. The second-order valence-electron chi connectivity index (χ2n) is 4.52. The predicted molar refractivity (Wildman–Crippen MR) is 70.3 cm³/mol. The van der Waals surface area contributed by atoms with Crippen LogP contribution in [0.15, 0.2) is 36.8 Å². The lowest BCUT2D eigenvalue weighted by Gasteiger charge is -2.17. The minimum Gasteiger partial charge on any atom is -0.377 e. The molecule has 0 radical (unpaired) electrons. The van der Waals surface area contributed by atoms with Gasteiger partial charge in [-0.15, -0.1) is 0 Å². The smallest absolute Gasteiger partial charge is 0.377 e. The number of hydrogen-bond acceptors (Lipinski definition) is 3. The molecule has 2 rings (SSSR count). The molecule has 1 atom stereocenters. The van der Waals surface area contributed by atoms with Crippen molar-refractivity contribution in [3.05, 3.63) is 53.6 Å². The van der Waals surface area contributed by atoms with Crippen LogP contribution in [0.1, 0.15) is 29.8 Å². The molecule has 20 heavy (non-hydrogen) atoms. The van der Waals surface area contributed by atoms with Gasteiger partial charge in [0.05, 0.1) is 23.5 Å². The number of anilines is 1. The number of aromatic nitrogens is 2. The fourth-order valence-corrected chi connectivity index (χ4v) is 1.88. The topological polar surface area (TPSA) is 37.8 Å². The Morgan fingerprint density at radius 2 is 1.95 bits per heavy atom. The first-order valence-electron chi connectivity index (χ1n) is 6.08. The number of nitrogens with zero attached hydrogens (tertiary/aromatic N) is 2. The normalized spacial score (nSPS) is 13.1. The van der Waals surface area contributed by atoms with E-state index >= 15 is 0 Å². The summed E-state index contributed by atoms with van der Waals surface area (Å²) in [5.41, 5.74) is 0.645. The van der Waals surface area contributed by atoms with Crippen molar-refractivity contribution in [3.63, 3.8) is 0 Å². The molecule has 1 aromatic carbocycles. The summed E-state index contributed by atoms with van der Waals surface area (Å²) in [7, 11) is 0. The molecule has 1 aromatic heterocycles. The Hall–Kier alpha value is -2.11. The number of benzene rings is 1. The molecule has 0 aliphatic rings. The first-order chi connectivity index (χ1) is 9.38. The molecule has 0 aliphatic carbocycles. The van der Waals surface area contributed by atoms with Gasteiger partial charge in [-0.05, 0) is 31.5 Å². The van der Waals surface area contributed by atoms with Crippen molar-refractivity contribution < 1.29 is 13.2 Å². The molecule has 0 bridgehead atoms. The van der Waals surface area contributed by atoms with E-state index in [1.165, 1.54) is 13.0 Å². The maximum absolute atomic E-state index is 12.8. The highest BCUT2D eigenvalue weighted by Crippen LogP contribution is 2.34. The van der Waals surface area contributed by atoms with Crippen LogP contribution in [0.5, 0.6) is 0 Å². The van der Waals surface area contributed by atoms with Crippen molar-refractivity contribution in [2.24, 2.45) is 0 Å². The van der Waals surface area contributed by atoms with E-state index in [1.54, 1.807) is 24.7 Å². The van der Waals surface area contributed by atoms with Gasteiger partial charge in [0.1, 0.15) is 0 Å². The van der Waals surface area contributed by atoms with Crippen molar-refractivity contribution in [1.29, 1.82) is 0 Å². The van der Waals surface area contributed by atoms with E-state index in [1.807, 2.05) is 6.92 Å². The third-order valence-corrected chi connectivity index (χ3v) is 2.95. The summed E-state index contributed by atoms with van der Waals surface area (Å²) in [5.74, 6) is 0. The number of hydrogen-bond donors (Lipinski definition) is 1. The number of aryl methyl sites for hydroxylation is 1. The van der Waals surface area contributed by atoms with E-state index in [2.05, 4.69) is 15.3 Å². The minimum absolute atomic E-state index is 0.204. The average Bonchev–Trinajstić information content (AvgIpc) is 2.40. The summed E-state index contributed by atoms with van der Waals surface area (Å²) in [4.78, 5) is 8.05. The quantitative estimate of drug-likeness (QED) is 0.924. The van der Waals surface area contributed by atoms with E-state index in [0.717, 1.165) is 6.07 Å². The number of alkyl halides is 3. The lowest BCUT2D eigenvalue weighted by Crippen LogP contribution is -2.11. The zero-order valence-corrected chi connectivity index (χ0v) is 11.1. The standard InChI is InChI=1S/C14H14F3N3/c1-9-3-4-11(7-12(9)14(15,16)17)20-10(2)13-8-18-5-6-19-13/h3-8,10,20H,1-2H3. The Morgan fingerprint density at radius 3 is 2.55 bits per heavy atom. The average molecular weight is 281 g/mol. The van der Waals surface area contributed by atoms with Crippen molar-refractivity contribution >= 4 is 5.69 Å². The van der Waals surface area contributed by atoms with Gasteiger partial charge in [0, 0.05) is 18.1 Å². The third-order valence-electron chi connectivity index (χ3n) is 2.95. The largest absolute Gasteiger partial charge is 0.416 e. The van der Waals surface area contributed by atoms with Gasteiger partial charge >= 0.3 is 6.18 Å². The van der Waals surface area contributed by atoms with Gasteiger partial charge in [0.2, 0.25) is 0 Å². The van der Waals surface area contributed by atoms with Crippen LogP contribution in [0.4, 0.5) is 18.9 Å². The molecule has 1 heterocycles. The zero-order chi connectivity index (χ0) is 14.8. The van der Waals surface area contributed by atoms with E-state index in [0.29, 0.717) is 11.4 Å². The Kier molecular flexibility index (Phi) is 3.92. The molecule has 0 amide bonds. The van der Waals surface area contributed by atoms with E-state index < -0.39 is 11.7 Å². The van der Waals surface area contributed by atoms with Crippen molar-refractivity contribution in [2.45, 2.75) is 26.1 Å². The highest BCUT2D eigenvalue weighted by atomic mass is 19.4. The molecule has 1 N–H and O–H groups in total. The SMILES string of the molecule is Cc1ccc(NC(C)c2cnccn2)cc1C(F)(F)F. The lowest BCUT2D eigenvalue weighted by atomic mass is 10.1. The van der Waals surface area contributed by atoms with Crippen LogP contribution in [0.2, 0.25) is 0 Å². The molecular weight excluding hydrogens is 267 g/mol. The summed E-state index contributed by atoms with van der Waals surface area (Å²) < 4.78 is 38.5. The highest BCUT2D eigenvalue weighted by molar-refractivity contribution is 5.50. The Labute approximate surface area is 114 Å². The first-order valence-corrected chi connectivity index (χ1v) is 6.08. The monoisotopic (exact) mass is 281 g/mol. The molecule has 3 nitrogen and oxygen atoms in total. The van der Waals surface area contributed by atoms with Crippen LogP contribution in [0, 0.1) is 6.92 Å². The van der Waals surface area contributed by atoms with Crippen LogP contribution < -0.4 is 5.32 Å². The van der Waals surface area contributed by atoms with Crippen LogP contribution in [-0.2, 0) is 6.18 Å². The maximum Gasteiger partial charge on any atom is 0.416 e. The predicted octanol–water partition coefficient (Wildman–Crippen LogP) is 3.98. The van der Waals surface area contributed by atoms with Gasteiger partial charge in [-0.25, -0.2) is 0 Å². The van der Waals surface area contributed by atoms with Crippen LogP contribution in [-0.4, -0.2) is 9.97 Å². The summed E-state index contributed by atoms with van der Waals surface area (Å²) >= 11 is 0. The lowest BCUT2D eigenvalue weighted by molar-refractivity contribution is -0.138. The first kappa shape index (κ1) is 14.3. The van der Waals surface area contributed by atoms with E-state index in [4.69, 9.17) is 0 Å². The Balaban J connectivity index is 2.22. The van der Waals surface area contributed by atoms with Gasteiger partial charge in [0.15, 0.2) is 0 Å². The van der Waals surface area contributed by atoms with E-state index in [-0.39, 0.29) is 11.6 Å². The van der Waals surface area contributed by atoms with E-state index in [9.17, 15) is 13.2 Å². The fourth-order valence-electron chi connectivity index (χ4n) is 1.88. The van der Waals surface area contributed by atoms with Crippen LogP contribution in [0.25, 0.3) is 0 Å². The molecule has 0 spiro atoms. The summed E-state index contributed by atoms with van der Waals surface area (Å²) in [5, 5.41) is 3.00. The number of rotatable bonds is 3. The highest BCUT2D eigenvalue weighted by Gasteiger charge is 2.32. The molecule has 0 aliphatic heterocycles. The third kappa shape index (κ3) is 3.26. The van der Waals surface area contributed by atoms with Gasteiger partial charge in [-0.1, -0.05) is 6.07 Å². The van der Waals surface area contributed by atoms with Gasteiger partial charge in [-0.2, -0.15) is 13.2 Å². The Morgan fingerprint density at radius 1 is 1.20 bits per heavy atom. The summed E-state index contributed by atoms with van der Waals surface area (Å²) in [6.45, 7) is 3.26. The van der Waals surface area contributed by atoms with Gasteiger partial charge in [-0.3, -0.25) is 9.97 Å². The van der Waals surface area contributed by atoms with Crippen molar-refractivity contribution in [1.82, 2.24) is 9.97 Å². The van der Waals surface area contributed by atoms with Crippen molar-refractivity contribution in [3.8, 4) is 0 Å². The van der Waals surface area contributed by atoms with Crippen LogP contribution >= 0.6 is 0 Å². The molecular formula is C14H14F3N3. The second-order valence-corrected chi connectivity index (χ2v) is 4.52. The molecule has 2 aromatic rings. The van der Waals surface area contributed by atoms with Crippen LogP contribution in [0.3, 0.4) is 0 Å². The zero-order valence-electron chi connectivity index (χ0n) is 11.1. The number of halogens is 3. The summed E-state index contributed by atoms with van der Waals surface area (Å²) in [6, 6.07) is 3.96. The number of nitrogens with one attached hydrogen (secondary N) is 1. The second kappa shape index (κ2) is 5.48. The van der Waals surface area contributed by atoms with Gasteiger partial charge in [0.25, 0.3) is 0 Å². The molecule has 0 saturated heterocycles. The Bertz CT molecular complexity index is 582. The molecule has 6 heteroatoms. The molecule has 106 valence electrons. The molecule has 1 unspecified atom stereocenters. The van der Waals surface area contributed by atoms with Crippen molar-refractivity contribution in [2.75, 3.05) is 5.32 Å². The fraction of sp³-hybridized carbons (Fsp3) is 0.286. The molecule has 0 fully saturated rings. The molecule has 0 saturated carbocycles. The maximum atomic E-state index is 12.8. The summed E-state index contributed by atoms with van der Waals surface area (Å²) in [6.07, 6.45) is 0.321. The van der Waals surface area contributed by atoms with Gasteiger partial charge < -0.3 is 5.32 Å².